The van der Waals surface area contributed by atoms with E-state index < -0.39 is 17.9 Å². The van der Waals surface area contributed by atoms with Crippen LogP contribution in [0.25, 0.3) is 0 Å². The molecule has 1 unspecified atom stereocenters. The molecule has 2 rings (SSSR count). The lowest BCUT2D eigenvalue weighted by Gasteiger charge is -2.22. The van der Waals surface area contributed by atoms with Gasteiger partial charge in [0.25, 0.3) is 0 Å². The molecule has 6 nitrogen and oxygen atoms in total. The van der Waals surface area contributed by atoms with Crippen molar-refractivity contribution < 1.29 is 18.0 Å². The summed E-state index contributed by atoms with van der Waals surface area (Å²) in [6, 6.07) is 0.0417. The minimum absolute atomic E-state index is 0.185. The smallest absolute Gasteiger partial charge is 0.338 e. The van der Waals surface area contributed by atoms with Crippen molar-refractivity contribution in [3.05, 3.63) is 34.4 Å². The van der Waals surface area contributed by atoms with Gasteiger partial charge in [0.15, 0.2) is 5.69 Å². The van der Waals surface area contributed by atoms with Crippen LogP contribution >= 0.6 is 11.6 Å². The van der Waals surface area contributed by atoms with Crippen molar-refractivity contribution in [2.24, 2.45) is 7.05 Å². The molecule has 0 spiro atoms. The van der Waals surface area contributed by atoms with Gasteiger partial charge in [-0.3, -0.25) is 14.2 Å². The van der Waals surface area contributed by atoms with E-state index >= 15 is 0 Å². The number of amides is 1. The standard InChI is InChI=1S/C14H17ClF3N5O/c1-8-5-12(14(16,17)18)20-23(8)9(2)13(24)21(3)7-11-10(15)6-19-22(11)4/h5-6,9H,7H2,1-4H3. The highest BCUT2D eigenvalue weighted by atomic mass is 35.5. The van der Waals surface area contributed by atoms with E-state index in [9.17, 15) is 18.0 Å². The van der Waals surface area contributed by atoms with Crippen LogP contribution in [0.3, 0.4) is 0 Å². The van der Waals surface area contributed by atoms with E-state index in [0.29, 0.717) is 10.7 Å². The summed E-state index contributed by atoms with van der Waals surface area (Å²) in [7, 11) is 3.24. The first-order chi connectivity index (χ1) is 11.0. The molecule has 2 aromatic rings. The van der Waals surface area contributed by atoms with Crippen LogP contribution in [0.5, 0.6) is 0 Å². The average molecular weight is 364 g/mol. The summed E-state index contributed by atoms with van der Waals surface area (Å²) in [5.41, 5.74) is -0.125. The summed E-state index contributed by atoms with van der Waals surface area (Å²) in [5.74, 6) is -0.382. The van der Waals surface area contributed by atoms with E-state index in [0.717, 1.165) is 10.7 Å². The van der Waals surface area contributed by atoms with Gasteiger partial charge in [-0.2, -0.15) is 23.4 Å². The first-order valence-corrected chi connectivity index (χ1v) is 7.45. The molecule has 10 heteroatoms. The Kier molecular flexibility index (Phi) is 4.93. The Bertz CT molecular complexity index is 733. The predicted molar refractivity (Wildman–Crippen MR) is 81.4 cm³/mol. The van der Waals surface area contributed by atoms with Crippen molar-refractivity contribution in [2.75, 3.05) is 7.05 Å². The molecule has 0 bridgehead atoms. The largest absolute Gasteiger partial charge is 0.435 e. The number of carbonyl (C=O) groups excluding carboxylic acids is 1. The second-order valence-electron chi connectivity index (χ2n) is 5.55. The first-order valence-electron chi connectivity index (χ1n) is 7.07. The molecule has 2 aromatic heterocycles. The average Bonchev–Trinajstić information content (AvgIpc) is 3.02. The molecule has 0 radical (unpaired) electrons. The number of hydrogen-bond donors (Lipinski definition) is 0. The molecule has 0 aliphatic heterocycles. The van der Waals surface area contributed by atoms with Crippen molar-refractivity contribution >= 4 is 17.5 Å². The summed E-state index contributed by atoms with van der Waals surface area (Å²) in [4.78, 5) is 13.9. The van der Waals surface area contributed by atoms with Crippen LogP contribution in [-0.4, -0.2) is 37.4 Å². The van der Waals surface area contributed by atoms with Gasteiger partial charge in [-0.25, -0.2) is 0 Å². The van der Waals surface area contributed by atoms with E-state index in [1.54, 1.807) is 14.1 Å². The Morgan fingerprint density at radius 1 is 1.46 bits per heavy atom. The van der Waals surface area contributed by atoms with Crippen molar-refractivity contribution in [1.82, 2.24) is 24.5 Å². The molecule has 0 aromatic carbocycles. The van der Waals surface area contributed by atoms with Crippen LogP contribution in [0.1, 0.15) is 30.0 Å². The minimum atomic E-state index is -4.55. The highest BCUT2D eigenvalue weighted by molar-refractivity contribution is 6.31. The fourth-order valence-corrected chi connectivity index (χ4v) is 2.58. The van der Waals surface area contributed by atoms with Crippen LogP contribution in [0.4, 0.5) is 13.2 Å². The van der Waals surface area contributed by atoms with E-state index in [4.69, 9.17) is 11.6 Å². The molecule has 24 heavy (non-hydrogen) atoms. The molecule has 0 aliphatic rings. The Hall–Kier alpha value is -2.03. The Morgan fingerprint density at radius 3 is 2.54 bits per heavy atom. The van der Waals surface area contributed by atoms with Gasteiger partial charge in [0, 0.05) is 19.8 Å². The highest BCUT2D eigenvalue weighted by Gasteiger charge is 2.35. The number of carbonyl (C=O) groups is 1. The van der Waals surface area contributed by atoms with Crippen molar-refractivity contribution in [2.45, 2.75) is 32.6 Å². The van der Waals surface area contributed by atoms with Crippen molar-refractivity contribution in [3.63, 3.8) is 0 Å². The third-order valence-electron chi connectivity index (χ3n) is 3.71. The molecule has 0 fully saturated rings. The van der Waals surface area contributed by atoms with Crippen LogP contribution in [0, 0.1) is 6.92 Å². The normalized spacial score (nSPS) is 13.2. The number of hydrogen-bond acceptors (Lipinski definition) is 3. The summed E-state index contributed by atoms with van der Waals surface area (Å²) in [5, 5.41) is 7.91. The molecule has 2 heterocycles. The molecule has 132 valence electrons. The van der Waals surface area contributed by atoms with Gasteiger partial charge in [-0.1, -0.05) is 11.6 Å². The van der Waals surface area contributed by atoms with Gasteiger partial charge < -0.3 is 4.90 Å². The number of halogens is 4. The van der Waals surface area contributed by atoms with Crippen LogP contribution in [0.15, 0.2) is 12.3 Å². The van der Waals surface area contributed by atoms with Crippen LogP contribution < -0.4 is 0 Å². The van der Waals surface area contributed by atoms with Gasteiger partial charge in [-0.15, -0.1) is 0 Å². The fraction of sp³-hybridized carbons (Fsp3) is 0.500. The maximum absolute atomic E-state index is 12.7. The quantitative estimate of drug-likeness (QED) is 0.839. The zero-order valence-electron chi connectivity index (χ0n) is 13.6. The summed E-state index contributed by atoms with van der Waals surface area (Å²) in [6.45, 7) is 3.17. The van der Waals surface area contributed by atoms with Gasteiger partial charge in [0.05, 0.1) is 23.5 Å². The molecule has 0 aliphatic carbocycles. The predicted octanol–water partition coefficient (Wildman–Crippen LogP) is 2.82. The molecule has 0 N–H and O–H groups in total. The number of rotatable bonds is 4. The number of alkyl halides is 3. The lowest BCUT2D eigenvalue weighted by molar-refractivity contribution is -0.142. The Balaban J connectivity index is 2.19. The van der Waals surface area contributed by atoms with Crippen molar-refractivity contribution in [3.8, 4) is 0 Å². The minimum Gasteiger partial charge on any atom is -0.338 e. The number of nitrogens with zero attached hydrogens (tertiary/aromatic N) is 5. The van der Waals surface area contributed by atoms with Gasteiger partial charge in [0.1, 0.15) is 6.04 Å². The Morgan fingerprint density at radius 2 is 2.08 bits per heavy atom. The van der Waals surface area contributed by atoms with Gasteiger partial charge in [-0.05, 0) is 19.9 Å². The van der Waals surface area contributed by atoms with E-state index in [1.807, 2.05) is 0 Å². The lowest BCUT2D eigenvalue weighted by atomic mass is 10.2. The zero-order chi connectivity index (χ0) is 18.2. The first kappa shape index (κ1) is 18.3. The number of likely N-dealkylation sites (N-methyl/N-ethyl adjacent to an activating group) is 1. The molecule has 1 atom stereocenters. The maximum Gasteiger partial charge on any atom is 0.435 e. The SMILES string of the molecule is Cc1cc(C(F)(F)F)nn1C(C)C(=O)N(C)Cc1c(Cl)cnn1C. The van der Waals surface area contributed by atoms with Crippen molar-refractivity contribution in [1.29, 1.82) is 0 Å². The molecule has 1 amide bonds. The van der Waals surface area contributed by atoms with E-state index in [2.05, 4.69) is 10.2 Å². The molecular weight excluding hydrogens is 347 g/mol. The third kappa shape index (κ3) is 3.55. The zero-order valence-corrected chi connectivity index (χ0v) is 14.4. The topological polar surface area (TPSA) is 56.0 Å². The maximum atomic E-state index is 12.7. The van der Waals surface area contributed by atoms with E-state index in [-0.39, 0.29) is 18.1 Å². The summed E-state index contributed by atoms with van der Waals surface area (Å²) < 4.78 is 40.9. The second kappa shape index (κ2) is 6.46. The summed E-state index contributed by atoms with van der Waals surface area (Å²) in [6.07, 6.45) is -3.08. The molecule has 0 saturated heterocycles. The van der Waals surface area contributed by atoms with E-state index in [1.165, 1.54) is 29.6 Å². The second-order valence-corrected chi connectivity index (χ2v) is 5.95. The van der Waals surface area contributed by atoms with Gasteiger partial charge in [0.2, 0.25) is 5.91 Å². The number of aryl methyl sites for hydroxylation is 2. The fourth-order valence-electron chi connectivity index (χ4n) is 2.36. The highest BCUT2D eigenvalue weighted by Crippen LogP contribution is 2.29. The third-order valence-corrected chi connectivity index (χ3v) is 4.03. The van der Waals surface area contributed by atoms with Gasteiger partial charge >= 0.3 is 6.18 Å². The summed E-state index contributed by atoms with van der Waals surface area (Å²) >= 11 is 6.01. The Labute approximate surface area is 141 Å². The lowest BCUT2D eigenvalue weighted by Crippen LogP contribution is -2.34. The van der Waals surface area contributed by atoms with Crippen LogP contribution in [0.2, 0.25) is 5.02 Å². The molecular formula is C14H17ClF3N5O. The number of aromatic nitrogens is 4. The monoisotopic (exact) mass is 363 g/mol. The van der Waals surface area contributed by atoms with Crippen LogP contribution in [-0.2, 0) is 24.6 Å². The molecule has 0 saturated carbocycles.